The molecule has 1 amide bonds. The van der Waals surface area contributed by atoms with E-state index in [0.717, 1.165) is 11.1 Å². The maximum atomic E-state index is 13.8. The fourth-order valence-corrected chi connectivity index (χ4v) is 4.69. The first kappa shape index (κ1) is 23.6. The van der Waals surface area contributed by atoms with Crippen LogP contribution < -0.4 is 19.6 Å². The third kappa shape index (κ3) is 3.77. The molecule has 3 aromatic rings. The fraction of sp³-hybridized carbons (Fsp3) is 0.385. The van der Waals surface area contributed by atoms with E-state index in [0.29, 0.717) is 58.9 Å². The van der Waals surface area contributed by atoms with Crippen molar-refractivity contribution in [2.24, 2.45) is 0 Å². The average Bonchev–Trinajstić information content (AvgIpc) is 3.11. The molecular weight excluding hydrogens is 438 g/mol. The Bertz CT molecular complexity index is 1290. The van der Waals surface area contributed by atoms with Crippen LogP contribution in [0.15, 0.2) is 33.5 Å². The molecule has 1 aliphatic heterocycles. The molecule has 8 heteroatoms. The lowest BCUT2D eigenvalue weighted by Gasteiger charge is -2.26. The van der Waals surface area contributed by atoms with Gasteiger partial charge in [0, 0.05) is 20.3 Å². The van der Waals surface area contributed by atoms with Crippen LogP contribution in [0.5, 0.6) is 17.2 Å². The SMILES string of the molecule is COCCCN1C(=O)c2oc3c(C)cc(C)cc3c(=O)c2C1c1cc(OC)c(OC)c(OC)c1. The molecule has 0 saturated heterocycles. The highest BCUT2D eigenvalue weighted by molar-refractivity contribution is 5.99. The van der Waals surface area contributed by atoms with Crippen molar-refractivity contribution in [1.29, 1.82) is 0 Å². The Morgan fingerprint density at radius 2 is 1.62 bits per heavy atom. The van der Waals surface area contributed by atoms with E-state index >= 15 is 0 Å². The molecule has 0 radical (unpaired) electrons. The van der Waals surface area contributed by atoms with Crippen molar-refractivity contribution in [1.82, 2.24) is 4.90 Å². The van der Waals surface area contributed by atoms with Crippen molar-refractivity contribution < 1.29 is 28.2 Å². The van der Waals surface area contributed by atoms with Crippen LogP contribution >= 0.6 is 0 Å². The highest BCUT2D eigenvalue weighted by Gasteiger charge is 2.43. The van der Waals surface area contributed by atoms with Gasteiger partial charge in [-0.05, 0) is 55.2 Å². The van der Waals surface area contributed by atoms with Crippen LogP contribution in [0.2, 0.25) is 0 Å². The molecule has 1 aromatic heterocycles. The standard InChI is InChI=1S/C26H29NO7/c1-14-10-15(2)23-17(11-14)22(28)20-21(27(8-7-9-30-3)26(29)25(20)34-23)16-12-18(31-4)24(33-6)19(13-16)32-5/h10-13,21H,7-9H2,1-6H3. The summed E-state index contributed by atoms with van der Waals surface area (Å²) in [5, 5.41) is 0.459. The molecule has 8 nitrogen and oxygen atoms in total. The normalized spacial score (nSPS) is 15.1. The minimum absolute atomic E-state index is 0.0700. The van der Waals surface area contributed by atoms with Gasteiger partial charge in [-0.1, -0.05) is 6.07 Å². The molecule has 0 fully saturated rings. The minimum Gasteiger partial charge on any atom is -0.493 e. The summed E-state index contributed by atoms with van der Waals surface area (Å²) in [4.78, 5) is 29.0. The zero-order valence-corrected chi connectivity index (χ0v) is 20.3. The van der Waals surface area contributed by atoms with Gasteiger partial charge in [-0.15, -0.1) is 0 Å². The van der Waals surface area contributed by atoms with Crippen LogP contribution in [-0.2, 0) is 4.74 Å². The van der Waals surface area contributed by atoms with E-state index in [1.165, 1.54) is 21.3 Å². The topological polar surface area (TPSA) is 87.4 Å². The van der Waals surface area contributed by atoms with Crippen molar-refractivity contribution >= 4 is 16.9 Å². The number of fused-ring (bicyclic) bond motifs is 2. The number of nitrogens with zero attached hydrogens (tertiary/aromatic N) is 1. The lowest BCUT2D eigenvalue weighted by molar-refractivity contribution is 0.0707. The number of amides is 1. The summed E-state index contributed by atoms with van der Waals surface area (Å²) in [6.07, 6.45) is 0.600. The number of aryl methyl sites for hydroxylation is 2. The predicted octanol–water partition coefficient (Wildman–Crippen LogP) is 4.02. The van der Waals surface area contributed by atoms with Crippen molar-refractivity contribution in [2.45, 2.75) is 26.3 Å². The van der Waals surface area contributed by atoms with E-state index in [4.69, 9.17) is 23.4 Å². The van der Waals surface area contributed by atoms with E-state index < -0.39 is 6.04 Å². The van der Waals surface area contributed by atoms with Crippen molar-refractivity contribution in [2.75, 3.05) is 41.6 Å². The number of hydrogen-bond donors (Lipinski definition) is 0. The molecule has 1 atom stereocenters. The van der Waals surface area contributed by atoms with Crippen molar-refractivity contribution in [3.05, 3.63) is 62.5 Å². The second-order valence-electron chi connectivity index (χ2n) is 8.34. The first-order valence-electron chi connectivity index (χ1n) is 11.0. The highest BCUT2D eigenvalue weighted by Crippen LogP contribution is 2.45. The lowest BCUT2D eigenvalue weighted by atomic mass is 9.96. The molecule has 2 heterocycles. The predicted molar refractivity (Wildman–Crippen MR) is 127 cm³/mol. The second-order valence-corrected chi connectivity index (χ2v) is 8.34. The van der Waals surface area contributed by atoms with E-state index in [2.05, 4.69) is 0 Å². The van der Waals surface area contributed by atoms with Gasteiger partial charge in [0.2, 0.25) is 11.5 Å². The Morgan fingerprint density at radius 1 is 0.941 bits per heavy atom. The van der Waals surface area contributed by atoms with Gasteiger partial charge in [-0.2, -0.15) is 0 Å². The lowest BCUT2D eigenvalue weighted by Crippen LogP contribution is -2.31. The number of carbonyl (C=O) groups is 1. The van der Waals surface area contributed by atoms with Gasteiger partial charge in [0.1, 0.15) is 5.58 Å². The molecule has 4 rings (SSSR count). The number of benzene rings is 2. The Kier molecular flexibility index (Phi) is 6.52. The quantitative estimate of drug-likeness (QED) is 0.463. The maximum absolute atomic E-state index is 13.8. The summed E-state index contributed by atoms with van der Waals surface area (Å²) in [5.74, 6) is 1.04. The summed E-state index contributed by atoms with van der Waals surface area (Å²) in [7, 11) is 6.19. The largest absolute Gasteiger partial charge is 0.493 e. The molecule has 180 valence electrons. The van der Waals surface area contributed by atoms with Crippen LogP contribution in [0.25, 0.3) is 11.0 Å². The molecular formula is C26H29NO7. The molecule has 1 aliphatic rings. The summed E-state index contributed by atoms with van der Waals surface area (Å²) < 4.78 is 27.8. The van der Waals surface area contributed by atoms with Gasteiger partial charge in [-0.3, -0.25) is 9.59 Å². The number of carbonyl (C=O) groups excluding carboxylic acids is 1. The minimum atomic E-state index is -0.672. The third-order valence-electron chi connectivity index (χ3n) is 6.15. The van der Waals surface area contributed by atoms with Gasteiger partial charge < -0.3 is 28.3 Å². The summed E-state index contributed by atoms with van der Waals surface area (Å²) in [5.41, 5.74) is 2.95. The summed E-state index contributed by atoms with van der Waals surface area (Å²) in [6.45, 7) is 4.66. The number of methoxy groups -OCH3 is 4. The summed E-state index contributed by atoms with van der Waals surface area (Å²) >= 11 is 0. The molecule has 0 N–H and O–H groups in total. The van der Waals surface area contributed by atoms with Gasteiger partial charge in [0.15, 0.2) is 16.9 Å². The molecule has 34 heavy (non-hydrogen) atoms. The van der Waals surface area contributed by atoms with Gasteiger partial charge in [0.25, 0.3) is 5.91 Å². The monoisotopic (exact) mass is 467 g/mol. The Morgan fingerprint density at radius 3 is 2.21 bits per heavy atom. The van der Waals surface area contributed by atoms with Crippen LogP contribution in [0.1, 0.15) is 45.3 Å². The molecule has 1 unspecified atom stereocenters. The van der Waals surface area contributed by atoms with Gasteiger partial charge in [-0.25, -0.2) is 0 Å². The first-order valence-corrected chi connectivity index (χ1v) is 11.0. The van der Waals surface area contributed by atoms with Crippen LogP contribution in [0.3, 0.4) is 0 Å². The van der Waals surface area contributed by atoms with E-state index in [1.807, 2.05) is 19.9 Å². The smallest absolute Gasteiger partial charge is 0.290 e. The van der Waals surface area contributed by atoms with E-state index in [9.17, 15) is 9.59 Å². The first-order chi connectivity index (χ1) is 16.4. The van der Waals surface area contributed by atoms with Crippen molar-refractivity contribution in [3.8, 4) is 17.2 Å². The second kappa shape index (κ2) is 9.38. The zero-order chi connectivity index (χ0) is 24.6. The Labute approximate surface area is 198 Å². The third-order valence-corrected chi connectivity index (χ3v) is 6.15. The number of ether oxygens (including phenoxy) is 4. The van der Waals surface area contributed by atoms with Gasteiger partial charge >= 0.3 is 0 Å². The van der Waals surface area contributed by atoms with E-state index in [-0.39, 0.29) is 17.1 Å². The molecule has 0 bridgehead atoms. The Balaban J connectivity index is 2.00. The molecule has 2 aromatic carbocycles. The van der Waals surface area contributed by atoms with Crippen LogP contribution in [0.4, 0.5) is 0 Å². The van der Waals surface area contributed by atoms with Gasteiger partial charge in [0.05, 0.1) is 38.3 Å². The summed E-state index contributed by atoms with van der Waals surface area (Å²) in [6, 6.07) is 6.60. The van der Waals surface area contributed by atoms with E-state index in [1.54, 1.807) is 30.2 Å². The maximum Gasteiger partial charge on any atom is 0.290 e. The Hall–Kier alpha value is -3.52. The van der Waals surface area contributed by atoms with Crippen LogP contribution in [0, 0.1) is 13.8 Å². The number of hydrogen-bond acceptors (Lipinski definition) is 7. The van der Waals surface area contributed by atoms with Crippen molar-refractivity contribution in [3.63, 3.8) is 0 Å². The van der Waals surface area contributed by atoms with Crippen LogP contribution in [-0.4, -0.2) is 52.4 Å². The zero-order valence-electron chi connectivity index (χ0n) is 20.3. The fourth-order valence-electron chi connectivity index (χ4n) is 4.69. The highest BCUT2D eigenvalue weighted by atomic mass is 16.5. The molecule has 0 saturated carbocycles. The number of rotatable bonds is 8. The molecule has 0 spiro atoms. The molecule has 0 aliphatic carbocycles. The average molecular weight is 468 g/mol.